The van der Waals surface area contributed by atoms with Gasteiger partial charge in [-0.3, -0.25) is 14.5 Å². The smallest absolute Gasteiger partial charge is 0.250 e. The van der Waals surface area contributed by atoms with Gasteiger partial charge in [0.2, 0.25) is 11.8 Å². The van der Waals surface area contributed by atoms with Gasteiger partial charge in [0.25, 0.3) is 0 Å². The summed E-state index contributed by atoms with van der Waals surface area (Å²) in [5.41, 5.74) is 1.16. The lowest BCUT2D eigenvalue weighted by Gasteiger charge is -2.19. The molecule has 1 saturated heterocycles. The van der Waals surface area contributed by atoms with Crippen LogP contribution in [0.1, 0.15) is 6.42 Å². The van der Waals surface area contributed by atoms with E-state index in [1.54, 1.807) is 18.2 Å². The third kappa shape index (κ3) is 6.29. The topological polar surface area (TPSA) is 83.1 Å². The Labute approximate surface area is 154 Å². The fraction of sp³-hybridized carbons (Fsp3) is 0.556. The number of carbonyl (C=O) groups excluding carboxylic acids is 2. The normalized spacial score (nSPS) is 16.0. The number of amides is 2. The molecule has 144 valence electrons. The van der Waals surface area contributed by atoms with Crippen molar-refractivity contribution in [3.63, 3.8) is 0 Å². The lowest BCUT2D eigenvalue weighted by atomic mass is 10.2. The first-order valence-electron chi connectivity index (χ1n) is 8.69. The van der Waals surface area contributed by atoms with E-state index in [9.17, 15) is 9.59 Å². The van der Waals surface area contributed by atoms with Crippen LogP contribution in [0.15, 0.2) is 18.2 Å². The first-order chi connectivity index (χ1) is 12.5. The molecule has 0 spiro atoms. The zero-order valence-corrected chi connectivity index (χ0v) is 15.7. The minimum Gasteiger partial charge on any atom is -0.494 e. The van der Waals surface area contributed by atoms with Gasteiger partial charge in [0.15, 0.2) is 0 Å². The molecule has 8 nitrogen and oxygen atoms in total. The Kier molecular flexibility index (Phi) is 7.83. The molecule has 26 heavy (non-hydrogen) atoms. The average Bonchev–Trinajstić information content (AvgIpc) is 2.80. The summed E-state index contributed by atoms with van der Waals surface area (Å²) in [4.78, 5) is 28.4. The largest absolute Gasteiger partial charge is 0.494 e. The van der Waals surface area contributed by atoms with Crippen molar-refractivity contribution in [2.45, 2.75) is 6.42 Å². The molecule has 2 N–H and O–H groups in total. The van der Waals surface area contributed by atoms with E-state index >= 15 is 0 Å². The van der Waals surface area contributed by atoms with Crippen LogP contribution in [0.5, 0.6) is 5.75 Å². The Hall–Kier alpha value is -2.16. The number of methoxy groups -OCH3 is 2. The number of nitrogens with one attached hydrogen (secondary N) is 2. The predicted octanol–water partition coefficient (Wildman–Crippen LogP) is 0.856. The van der Waals surface area contributed by atoms with Crippen LogP contribution in [-0.4, -0.2) is 82.2 Å². The molecule has 0 aromatic heterocycles. The van der Waals surface area contributed by atoms with E-state index in [4.69, 9.17) is 9.47 Å². The van der Waals surface area contributed by atoms with Crippen LogP contribution >= 0.6 is 0 Å². The lowest BCUT2D eigenvalue weighted by Crippen LogP contribution is -2.35. The summed E-state index contributed by atoms with van der Waals surface area (Å²) in [7, 11) is 5.07. The van der Waals surface area contributed by atoms with E-state index in [-0.39, 0.29) is 18.4 Å². The maximum atomic E-state index is 12.3. The van der Waals surface area contributed by atoms with Crippen molar-refractivity contribution in [3.8, 4) is 5.75 Å². The fourth-order valence-corrected chi connectivity index (χ4v) is 2.85. The number of ether oxygens (including phenoxy) is 2. The number of anilines is 2. The molecule has 0 atom stereocenters. The number of carbonyl (C=O) groups is 2. The van der Waals surface area contributed by atoms with E-state index in [2.05, 4.69) is 27.5 Å². The molecular weight excluding hydrogens is 336 g/mol. The molecule has 0 unspecified atom stereocenters. The highest BCUT2D eigenvalue weighted by Gasteiger charge is 2.16. The molecule has 0 bridgehead atoms. The van der Waals surface area contributed by atoms with Gasteiger partial charge in [-0.15, -0.1) is 0 Å². The van der Waals surface area contributed by atoms with Crippen molar-refractivity contribution >= 4 is 23.2 Å². The molecule has 2 rings (SSSR count). The predicted molar refractivity (Wildman–Crippen MR) is 101 cm³/mol. The Morgan fingerprint density at radius 3 is 2.62 bits per heavy atom. The zero-order valence-electron chi connectivity index (χ0n) is 15.7. The molecule has 1 aliphatic rings. The molecule has 0 saturated carbocycles. The number of nitrogens with zero attached hydrogens (tertiary/aromatic N) is 2. The molecule has 0 aliphatic carbocycles. The van der Waals surface area contributed by atoms with Crippen LogP contribution in [0.4, 0.5) is 11.4 Å². The van der Waals surface area contributed by atoms with Crippen LogP contribution in [0.2, 0.25) is 0 Å². The summed E-state index contributed by atoms with van der Waals surface area (Å²) in [6.07, 6.45) is 1.06. The van der Waals surface area contributed by atoms with Gasteiger partial charge in [0.05, 0.1) is 19.3 Å². The minimum atomic E-state index is -0.270. The average molecular weight is 364 g/mol. The lowest BCUT2D eigenvalue weighted by molar-refractivity contribution is -0.119. The molecule has 1 heterocycles. The highest BCUT2D eigenvalue weighted by Crippen LogP contribution is 2.28. The van der Waals surface area contributed by atoms with E-state index in [0.717, 1.165) is 32.6 Å². The number of rotatable bonds is 7. The highest BCUT2D eigenvalue weighted by atomic mass is 16.5. The number of benzene rings is 1. The Balaban J connectivity index is 1.93. The van der Waals surface area contributed by atoms with Gasteiger partial charge in [-0.05, 0) is 38.7 Å². The monoisotopic (exact) mass is 364 g/mol. The van der Waals surface area contributed by atoms with E-state index < -0.39 is 0 Å². The standard InChI is InChI=1S/C18H28N4O4/c1-21-7-4-8-22(10-9-21)12-17(23)19-14-5-6-15(16(11-14)26-3)20-18(24)13-25-2/h5-6,11H,4,7-10,12-13H2,1-3H3,(H,19,23)(H,20,24). The third-order valence-corrected chi connectivity index (χ3v) is 4.21. The number of likely N-dealkylation sites (N-methyl/N-ethyl adjacent to an activating group) is 1. The van der Waals surface area contributed by atoms with Gasteiger partial charge in [0, 0.05) is 32.0 Å². The minimum absolute atomic E-state index is 0.0351. The van der Waals surface area contributed by atoms with Crippen LogP contribution in [0, 0.1) is 0 Å². The van der Waals surface area contributed by atoms with Crippen LogP contribution in [0.3, 0.4) is 0 Å². The first-order valence-corrected chi connectivity index (χ1v) is 8.69. The SMILES string of the molecule is COCC(=O)Nc1ccc(NC(=O)CN2CCCN(C)CC2)cc1OC. The van der Waals surface area contributed by atoms with Crippen molar-refractivity contribution in [1.29, 1.82) is 0 Å². The third-order valence-electron chi connectivity index (χ3n) is 4.21. The van der Waals surface area contributed by atoms with Gasteiger partial charge >= 0.3 is 0 Å². The van der Waals surface area contributed by atoms with Crippen molar-refractivity contribution in [2.24, 2.45) is 0 Å². The van der Waals surface area contributed by atoms with E-state index in [0.29, 0.717) is 23.7 Å². The van der Waals surface area contributed by atoms with Gasteiger partial charge in [-0.2, -0.15) is 0 Å². The second-order valence-corrected chi connectivity index (χ2v) is 6.38. The second-order valence-electron chi connectivity index (χ2n) is 6.38. The van der Waals surface area contributed by atoms with Crippen molar-refractivity contribution < 1.29 is 19.1 Å². The number of hydrogen-bond acceptors (Lipinski definition) is 6. The Bertz CT molecular complexity index is 623. The summed E-state index contributed by atoms with van der Waals surface area (Å²) in [6.45, 7) is 4.17. The van der Waals surface area contributed by atoms with Crippen LogP contribution < -0.4 is 15.4 Å². The van der Waals surface area contributed by atoms with Gasteiger partial charge in [0.1, 0.15) is 12.4 Å². The molecular formula is C18H28N4O4. The summed E-state index contributed by atoms with van der Waals surface area (Å²) < 4.78 is 10.1. The maximum absolute atomic E-state index is 12.3. The van der Waals surface area contributed by atoms with Crippen molar-refractivity contribution in [2.75, 3.05) is 71.2 Å². The van der Waals surface area contributed by atoms with Crippen LogP contribution in [-0.2, 0) is 14.3 Å². The summed E-state index contributed by atoms with van der Waals surface area (Å²) in [5, 5.41) is 5.59. The first kappa shape index (κ1) is 20.2. The molecule has 2 amide bonds. The molecule has 0 radical (unpaired) electrons. The Morgan fingerprint density at radius 2 is 1.88 bits per heavy atom. The van der Waals surface area contributed by atoms with Crippen molar-refractivity contribution in [3.05, 3.63) is 18.2 Å². The molecule has 8 heteroatoms. The summed E-state index contributed by atoms with van der Waals surface area (Å²) >= 11 is 0. The van der Waals surface area contributed by atoms with Gasteiger partial charge in [-0.25, -0.2) is 0 Å². The Morgan fingerprint density at radius 1 is 1.08 bits per heavy atom. The quantitative estimate of drug-likeness (QED) is 0.747. The van der Waals surface area contributed by atoms with Crippen molar-refractivity contribution in [1.82, 2.24) is 9.80 Å². The zero-order chi connectivity index (χ0) is 18.9. The maximum Gasteiger partial charge on any atom is 0.250 e. The second kappa shape index (κ2) is 10.1. The van der Waals surface area contributed by atoms with E-state index in [1.807, 2.05) is 0 Å². The van der Waals surface area contributed by atoms with E-state index in [1.165, 1.54) is 14.2 Å². The molecule has 1 aromatic carbocycles. The van der Waals surface area contributed by atoms with Gasteiger partial charge in [-0.1, -0.05) is 0 Å². The van der Waals surface area contributed by atoms with Crippen LogP contribution in [0.25, 0.3) is 0 Å². The summed E-state index contributed by atoms with van der Waals surface area (Å²) in [6, 6.07) is 5.12. The van der Waals surface area contributed by atoms with Gasteiger partial charge < -0.3 is 25.0 Å². The fourth-order valence-electron chi connectivity index (χ4n) is 2.85. The molecule has 1 fully saturated rings. The number of hydrogen-bond donors (Lipinski definition) is 2. The summed E-state index contributed by atoms with van der Waals surface area (Å²) in [5.74, 6) is 0.144. The highest BCUT2D eigenvalue weighted by molar-refractivity contribution is 5.95. The molecule has 1 aromatic rings. The molecule has 1 aliphatic heterocycles.